The number of allylic oxidation sites excluding steroid dienone is 1. The molecular weight excluding hydrogens is 366 g/mol. The molecule has 29 heavy (non-hydrogen) atoms. The molecule has 0 N–H and O–H groups in total. The van der Waals surface area contributed by atoms with Crippen LogP contribution < -0.4 is 0 Å². The third-order valence-electron chi connectivity index (χ3n) is 4.87. The molecule has 1 saturated heterocycles. The normalized spacial score (nSPS) is 13.3. The minimum atomic E-state index is -0.157. The van der Waals surface area contributed by atoms with Crippen LogP contribution in [0.4, 0.5) is 5.69 Å². The first-order chi connectivity index (χ1) is 14.0. The summed E-state index contributed by atoms with van der Waals surface area (Å²) in [6.45, 7) is 4.91. The smallest absolute Gasteiger partial charge is 0.332 e. The van der Waals surface area contributed by atoms with E-state index in [-0.39, 0.29) is 11.6 Å². The maximum Gasteiger partial charge on any atom is 0.332 e. The van der Waals surface area contributed by atoms with Crippen molar-refractivity contribution in [3.05, 3.63) is 75.5 Å². The highest BCUT2D eigenvalue weighted by Crippen LogP contribution is 2.26. The highest BCUT2D eigenvalue weighted by Gasteiger charge is 2.31. The van der Waals surface area contributed by atoms with Crippen molar-refractivity contribution in [2.75, 3.05) is 20.2 Å². The van der Waals surface area contributed by atoms with Crippen LogP contribution in [0.25, 0.3) is 0 Å². The van der Waals surface area contributed by atoms with E-state index in [2.05, 4.69) is 16.8 Å². The van der Waals surface area contributed by atoms with Crippen molar-refractivity contribution in [1.82, 2.24) is 9.88 Å². The van der Waals surface area contributed by atoms with Crippen LogP contribution in [0.1, 0.15) is 40.2 Å². The molecule has 0 saturated carbocycles. The summed E-state index contributed by atoms with van der Waals surface area (Å²) in [5.74, 6) is 5.97. The molecule has 1 fully saturated rings. The lowest BCUT2D eigenvalue weighted by Crippen LogP contribution is -2.36. The molecule has 1 aromatic heterocycles. The number of hydrogen-bond donors (Lipinski definition) is 0. The standard InChI is InChI=1S/C23H24N3O3/c1-17-7-4-12-21(22(17)26(28)29-3)23(27)25-15-13-19(14-16-25)9-6-11-20-10-5-8-18(2)24-20/h4-5,7-10,12H,13-16H2,1-3H3/q+1. The number of carbonyl (C=O) groups is 1. The summed E-state index contributed by atoms with van der Waals surface area (Å²) >= 11 is 0. The summed E-state index contributed by atoms with van der Waals surface area (Å²) in [6, 6.07) is 11.0. The average molecular weight is 390 g/mol. The molecule has 1 aliphatic heterocycles. The lowest BCUT2D eigenvalue weighted by molar-refractivity contribution is -0.737. The van der Waals surface area contributed by atoms with Crippen LogP contribution in [-0.4, -0.2) is 40.9 Å². The number of carbonyl (C=O) groups excluding carboxylic acids is 1. The van der Waals surface area contributed by atoms with Crippen molar-refractivity contribution >= 4 is 11.6 Å². The molecule has 6 nitrogen and oxygen atoms in total. The molecule has 1 amide bonds. The molecule has 0 bridgehead atoms. The van der Waals surface area contributed by atoms with Gasteiger partial charge in [-0.25, -0.2) is 9.82 Å². The number of hydrogen-bond acceptors (Lipinski definition) is 4. The largest absolute Gasteiger partial charge is 0.338 e. The lowest BCUT2D eigenvalue weighted by Gasteiger charge is -2.28. The van der Waals surface area contributed by atoms with Crippen LogP contribution in [-0.2, 0) is 4.84 Å². The number of aromatic nitrogens is 1. The zero-order valence-corrected chi connectivity index (χ0v) is 16.9. The second-order valence-corrected chi connectivity index (χ2v) is 6.94. The molecule has 1 aromatic carbocycles. The Kier molecular flexibility index (Phi) is 6.40. The van der Waals surface area contributed by atoms with Crippen molar-refractivity contribution in [1.29, 1.82) is 0 Å². The van der Waals surface area contributed by atoms with Gasteiger partial charge in [-0.2, -0.15) is 0 Å². The number of aryl methyl sites for hydroxylation is 2. The van der Waals surface area contributed by atoms with Crippen molar-refractivity contribution in [3.8, 4) is 11.8 Å². The van der Waals surface area contributed by atoms with Gasteiger partial charge in [0.05, 0.1) is 4.91 Å². The minimum Gasteiger partial charge on any atom is -0.338 e. The first-order valence-electron chi connectivity index (χ1n) is 9.53. The number of piperidine rings is 1. The fraction of sp³-hybridized carbons (Fsp3) is 0.304. The molecule has 0 spiro atoms. The predicted molar refractivity (Wildman–Crippen MR) is 111 cm³/mol. The number of pyridine rings is 1. The summed E-state index contributed by atoms with van der Waals surface area (Å²) in [6.07, 6.45) is 3.44. The molecule has 0 atom stereocenters. The van der Waals surface area contributed by atoms with E-state index in [1.165, 1.54) is 12.7 Å². The first-order valence-corrected chi connectivity index (χ1v) is 9.53. The Morgan fingerprint density at radius 2 is 1.90 bits per heavy atom. The summed E-state index contributed by atoms with van der Waals surface area (Å²) in [7, 11) is 1.29. The van der Waals surface area contributed by atoms with Gasteiger partial charge in [-0.05, 0) is 56.9 Å². The molecule has 148 valence electrons. The zero-order valence-electron chi connectivity index (χ0n) is 16.9. The van der Waals surface area contributed by atoms with Gasteiger partial charge in [0.25, 0.3) is 10.8 Å². The molecule has 2 heterocycles. The molecule has 3 rings (SSSR count). The van der Waals surface area contributed by atoms with E-state index < -0.39 is 0 Å². The van der Waals surface area contributed by atoms with E-state index in [4.69, 9.17) is 4.84 Å². The second kappa shape index (κ2) is 9.16. The topological polar surface area (TPSA) is 62.5 Å². The van der Waals surface area contributed by atoms with Gasteiger partial charge in [0, 0.05) is 24.3 Å². The zero-order chi connectivity index (χ0) is 20.8. The Bertz CT molecular complexity index is 1020. The van der Waals surface area contributed by atoms with Gasteiger partial charge in [0.2, 0.25) is 0 Å². The maximum absolute atomic E-state index is 13.0. The van der Waals surface area contributed by atoms with Crippen molar-refractivity contribution in [2.45, 2.75) is 26.7 Å². The van der Waals surface area contributed by atoms with Crippen LogP contribution in [0.15, 0.2) is 48.0 Å². The first kappa shape index (κ1) is 20.3. The summed E-state index contributed by atoms with van der Waals surface area (Å²) in [5.41, 5.74) is 4.22. The van der Waals surface area contributed by atoms with Gasteiger partial charge in [-0.15, -0.1) is 0 Å². The third-order valence-corrected chi connectivity index (χ3v) is 4.87. The monoisotopic (exact) mass is 390 g/mol. The van der Waals surface area contributed by atoms with E-state index in [9.17, 15) is 9.70 Å². The number of benzene rings is 1. The summed E-state index contributed by atoms with van der Waals surface area (Å²) in [5, 5.41) is 0. The molecule has 1 aliphatic rings. The minimum absolute atomic E-state index is 0.157. The number of likely N-dealkylation sites (tertiary alicyclic amines) is 1. The van der Waals surface area contributed by atoms with E-state index >= 15 is 0 Å². The average Bonchev–Trinajstić information content (AvgIpc) is 2.73. The molecule has 0 unspecified atom stereocenters. The van der Waals surface area contributed by atoms with E-state index in [0.29, 0.717) is 29.1 Å². The molecular formula is C23H24N3O3+. The molecule has 6 heteroatoms. The highest BCUT2D eigenvalue weighted by atomic mass is 16.8. The molecule has 0 aliphatic carbocycles. The predicted octanol–water partition coefficient (Wildman–Crippen LogP) is 3.88. The fourth-order valence-electron chi connectivity index (χ4n) is 3.30. The van der Waals surface area contributed by atoms with Crippen LogP contribution >= 0.6 is 0 Å². The number of para-hydroxylation sites is 1. The Labute approximate surface area is 170 Å². The van der Waals surface area contributed by atoms with E-state index in [1.54, 1.807) is 30.0 Å². The van der Waals surface area contributed by atoms with Crippen molar-refractivity contribution in [3.63, 3.8) is 0 Å². The van der Waals surface area contributed by atoms with Crippen molar-refractivity contribution < 1.29 is 14.6 Å². The van der Waals surface area contributed by atoms with Gasteiger partial charge < -0.3 is 4.90 Å². The number of rotatable bonds is 3. The quantitative estimate of drug-likeness (QED) is 0.589. The highest BCUT2D eigenvalue weighted by molar-refractivity contribution is 5.98. The van der Waals surface area contributed by atoms with Gasteiger partial charge in [0.1, 0.15) is 11.3 Å². The third kappa shape index (κ3) is 4.88. The SMILES string of the molecule is CO[N+](=O)c1c(C)cccc1C(=O)N1CCC(=CC#Cc2cccc(C)n2)CC1. The Hall–Kier alpha value is -3.46. The van der Waals surface area contributed by atoms with Crippen LogP contribution in [0, 0.1) is 30.6 Å². The second-order valence-electron chi connectivity index (χ2n) is 6.94. The molecule has 0 radical (unpaired) electrons. The van der Waals surface area contributed by atoms with Gasteiger partial charge in [-0.1, -0.05) is 29.7 Å². The molecule has 2 aromatic rings. The van der Waals surface area contributed by atoms with Gasteiger partial charge in [-0.3, -0.25) is 4.79 Å². The van der Waals surface area contributed by atoms with Gasteiger partial charge >= 0.3 is 5.69 Å². The lowest BCUT2D eigenvalue weighted by atomic mass is 10.0. The van der Waals surface area contributed by atoms with Gasteiger partial charge in [0.15, 0.2) is 7.11 Å². The van der Waals surface area contributed by atoms with Crippen LogP contribution in [0.2, 0.25) is 0 Å². The summed E-state index contributed by atoms with van der Waals surface area (Å²) in [4.78, 5) is 36.3. The van der Waals surface area contributed by atoms with Crippen LogP contribution in [0.3, 0.4) is 0 Å². The van der Waals surface area contributed by atoms with E-state index in [0.717, 1.165) is 24.2 Å². The summed E-state index contributed by atoms with van der Waals surface area (Å²) < 4.78 is 0. The van der Waals surface area contributed by atoms with Crippen molar-refractivity contribution in [2.24, 2.45) is 0 Å². The van der Waals surface area contributed by atoms with E-state index in [1.807, 2.05) is 31.2 Å². The Morgan fingerprint density at radius 3 is 2.59 bits per heavy atom. The Morgan fingerprint density at radius 1 is 1.17 bits per heavy atom. The fourth-order valence-corrected chi connectivity index (χ4v) is 3.30. The number of nitrogens with zero attached hydrogens (tertiary/aromatic N) is 3. The maximum atomic E-state index is 13.0. The Balaban J connectivity index is 1.68. The number of amides is 1. The van der Waals surface area contributed by atoms with Crippen LogP contribution in [0.5, 0.6) is 0 Å².